The number of nitrogens with one attached hydrogen (secondary N) is 1. The van der Waals surface area contributed by atoms with Crippen LogP contribution in [0.1, 0.15) is 11.6 Å². The molecular weight excluding hydrogens is 260 g/mol. The van der Waals surface area contributed by atoms with E-state index in [-0.39, 0.29) is 18.4 Å². The van der Waals surface area contributed by atoms with Crippen molar-refractivity contribution in [1.82, 2.24) is 5.32 Å². The van der Waals surface area contributed by atoms with E-state index in [9.17, 15) is 9.59 Å². The van der Waals surface area contributed by atoms with Crippen molar-refractivity contribution in [2.24, 2.45) is 0 Å². The van der Waals surface area contributed by atoms with Gasteiger partial charge in [-0.05, 0) is 17.0 Å². The second-order valence-corrected chi connectivity index (χ2v) is 5.06. The van der Waals surface area contributed by atoms with Crippen LogP contribution in [0.25, 0.3) is 0 Å². The highest BCUT2D eigenvalue weighted by atomic mass is 32.1. The van der Waals surface area contributed by atoms with Crippen molar-refractivity contribution in [3.05, 3.63) is 52.7 Å². The molecule has 2 aromatic rings. The predicted molar refractivity (Wildman–Crippen MR) is 74.0 cm³/mol. The highest BCUT2D eigenvalue weighted by Gasteiger charge is 2.36. The van der Waals surface area contributed by atoms with Gasteiger partial charge in [-0.3, -0.25) is 14.5 Å². The predicted octanol–water partition coefficient (Wildman–Crippen LogP) is 1.95. The average Bonchev–Trinajstić information content (AvgIpc) is 2.96. The summed E-state index contributed by atoms with van der Waals surface area (Å²) in [4.78, 5) is 25.9. The Kier molecular flexibility index (Phi) is 3.05. The Balaban J connectivity index is 2.06. The summed E-state index contributed by atoms with van der Waals surface area (Å²) in [7, 11) is 0. The lowest BCUT2D eigenvalue weighted by atomic mass is 10.0. The fourth-order valence-corrected chi connectivity index (χ4v) is 2.86. The molecule has 1 aliphatic heterocycles. The number of hydrogen-bond acceptors (Lipinski definition) is 3. The van der Waals surface area contributed by atoms with Crippen molar-refractivity contribution in [3.8, 4) is 0 Å². The number of thiophene rings is 1. The van der Waals surface area contributed by atoms with Crippen LogP contribution in [-0.2, 0) is 9.59 Å². The van der Waals surface area contributed by atoms with Crippen LogP contribution < -0.4 is 10.2 Å². The summed E-state index contributed by atoms with van der Waals surface area (Å²) in [6, 6.07) is 10.6. The van der Waals surface area contributed by atoms with Gasteiger partial charge in [0, 0.05) is 5.38 Å². The summed E-state index contributed by atoms with van der Waals surface area (Å²) >= 11 is 1.51. The summed E-state index contributed by atoms with van der Waals surface area (Å²) in [5.74, 6) is -0.233. The molecule has 2 amide bonds. The Labute approximate surface area is 114 Å². The Morgan fingerprint density at radius 1 is 1.16 bits per heavy atom. The van der Waals surface area contributed by atoms with Crippen LogP contribution in [0.2, 0.25) is 0 Å². The van der Waals surface area contributed by atoms with Crippen LogP contribution in [0.15, 0.2) is 47.2 Å². The molecular formula is C14H12N2O2S. The number of rotatable bonds is 2. The zero-order valence-corrected chi connectivity index (χ0v) is 10.9. The summed E-state index contributed by atoms with van der Waals surface area (Å²) < 4.78 is 0. The molecule has 5 heteroatoms. The van der Waals surface area contributed by atoms with Gasteiger partial charge in [0.2, 0.25) is 11.8 Å². The van der Waals surface area contributed by atoms with E-state index in [1.807, 2.05) is 47.2 Å². The fourth-order valence-electron chi connectivity index (χ4n) is 2.23. The summed E-state index contributed by atoms with van der Waals surface area (Å²) in [6.07, 6.45) is 0. The van der Waals surface area contributed by atoms with E-state index in [1.54, 1.807) is 4.90 Å². The lowest BCUT2D eigenvalue weighted by molar-refractivity contribution is -0.131. The van der Waals surface area contributed by atoms with E-state index < -0.39 is 6.04 Å². The lowest BCUT2D eigenvalue weighted by Gasteiger charge is -2.34. The molecule has 0 bridgehead atoms. The smallest absolute Gasteiger partial charge is 0.248 e. The van der Waals surface area contributed by atoms with Gasteiger partial charge in [0.25, 0.3) is 0 Å². The molecule has 96 valence electrons. The Hall–Kier alpha value is -2.14. The minimum absolute atomic E-state index is 0.0536. The molecule has 1 fully saturated rings. The zero-order chi connectivity index (χ0) is 13.2. The number of carbonyl (C=O) groups excluding carboxylic acids is 2. The van der Waals surface area contributed by atoms with Gasteiger partial charge >= 0.3 is 0 Å². The molecule has 0 radical (unpaired) electrons. The second-order valence-electron chi connectivity index (χ2n) is 4.28. The van der Waals surface area contributed by atoms with Crippen LogP contribution in [0, 0.1) is 0 Å². The number of nitrogens with zero attached hydrogens (tertiary/aromatic N) is 1. The van der Waals surface area contributed by atoms with E-state index in [0.29, 0.717) is 0 Å². The second kappa shape index (κ2) is 4.85. The molecule has 0 spiro atoms. The number of amides is 2. The Morgan fingerprint density at radius 2 is 1.95 bits per heavy atom. The van der Waals surface area contributed by atoms with Gasteiger partial charge in [0.1, 0.15) is 6.04 Å². The molecule has 1 aromatic carbocycles. The first kappa shape index (κ1) is 11.9. The summed E-state index contributed by atoms with van der Waals surface area (Å²) in [5, 5.41) is 6.43. The van der Waals surface area contributed by atoms with E-state index in [1.165, 1.54) is 11.3 Å². The number of anilines is 1. The maximum absolute atomic E-state index is 12.1. The molecule has 1 unspecified atom stereocenters. The highest BCUT2D eigenvalue weighted by molar-refractivity contribution is 7.08. The molecule has 1 aromatic heterocycles. The first-order valence-electron chi connectivity index (χ1n) is 5.94. The van der Waals surface area contributed by atoms with Gasteiger partial charge in [-0.25, -0.2) is 0 Å². The van der Waals surface area contributed by atoms with Crippen molar-refractivity contribution in [1.29, 1.82) is 0 Å². The molecule has 1 atom stereocenters. The molecule has 1 aliphatic rings. The Bertz CT molecular complexity index is 595. The van der Waals surface area contributed by atoms with Gasteiger partial charge < -0.3 is 5.32 Å². The normalized spacial score (nSPS) is 19.4. The zero-order valence-electron chi connectivity index (χ0n) is 10.1. The highest BCUT2D eigenvalue weighted by Crippen LogP contribution is 2.30. The molecule has 1 N–H and O–H groups in total. The van der Waals surface area contributed by atoms with Crippen molar-refractivity contribution in [2.45, 2.75) is 6.04 Å². The van der Waals surface area contributed by atoms with Gasteiger partial charge in [-0.15, -0.1) is 0 Å². The largest absolute Gasteiger partial charge is 0.345 e. The van der Waals surface area contributed by atoms with E-state index in [0.717, 1.165) is 11.3 Å². The molecule has 4 nitrogen and oxygen atoms in total. The molecule has 2 heterocycles. The monoisotopic (exact) mass is 272 g/mol. The third kappa shape index (κ3) is 2.13. The number of piperazine rings is 1. The SMILES string of the molecule is O=C1NCC(=O)N(c2ccsc2)C1c1ccccc1. The van der Waals surface area contributed by atoms with Gasteiger partial charge in [0.05, 0.1) is 12.2 Å². The third-order valence-electron chi connectivity index (χ3n) is 3.09. The van der Waals surface area contributed by atoms with Crippen LogP contribution in [0.5, 0.6) is 0 Å². The number of carbonyl (C=O) groups is 2. The molecule has 3 rings (SSSR count). The summed E-state index contributed by atoms with van der Waals surface area (Å²) in [6.45, 7) is 0.0536. The van der Waals surface area contributed by atoms with Gasteiger partial charge in [0.15, 0.2) is 0 Å². The van der Waals surface area contributed by atoms with Crippen LogP contribution in [-0.4, -0.2) is 18.4 Å². The molecule has 1 saturated heterocycles. The fraction of sp³-hybridized carbons (Fsp3) is 0.143. The van der Waals surface area contributed by atoms with Gasteiger partial charge in [-0.1, -0.05) is 30.3 Å². The van der Waals surface area contributed by atoms with Crippen LogP contribution in [0.3, 0.4) is 0 Å². The van der Waals surface area contributed by atoms with Crippen LogP contribution >= 0.6 is 11.3 Å². The van der Waals surface area contributed by atoms with Crippen molar-refractivity contribution in [2.75, 3.05) is 11.4 Å². The quantitative estimate of drug-likeness (QED) is 0.908. The maximum atomic E-state index is 12.1. The number of hydrogen-bond donors (Lipinski definition) is 1. The average molecular weight is 272 g/mol. The van der Waals surface area contributed by atoms with Gasteiger partial charge in [-0.2, -0.15) is 11.3 Å². The van der Waals surface area contributed by atoms with Crippen molar-refractivity contribution in [3.63, 3.8) is 0 Å². The number of benzene rings is 1. The van der Waals surface area contributed by atoms with Crippen LogP contribution in [0.4, 0.5) is 5.69 Å². The molecule has 19 heavy (non-hydrogen) atoms. The lowest BCUT2D eigenvalue weighted by Crippen LogP contribution is -2.53. The van der Waals surface area contributed by atoms with E-state index >= 15 is 0 Å². The molecule has 0 saturated carbocycles. The first-order valence-corrected chi connectivity index (χ1v) is 6.88. The van der Waals surface area contributed by atoms with E-state index in [4.69, 9.17) is 0 Å². The topological polar surface area (TPSA) is 49.4 Å². The first-order chi connectivity index (χ1) is 9.27. The minimum atomic E-state index is -0.586. The van der Waals surface area contributed by atoms with Crippen molar-refractivity contribution >= 4 is 28.8 Å². The maximum Gasteiger partial charge on any atom is 0.248 e. The standard InChI is InChI=1S/C14H12N2O2S/c17-12-8-15-14(18)13(10-4-2-1-3-5-10)16(12)11-6-7-19-9-11/h1-7,9,13H,8H2,(H,15,18). The third-order valence-corrected chi connectivity index (χ3v) is 3.76. The van der Waals surface area contributed by atoms with E-state index in [2.05, 4.69) is 5.32 Å². The molecule has 0 aliphatic carbocycles. The minimum Gasteiger partial charge on any atom is -0.345 e. The van der Waals surface area contributed by atoms with Crippen molar-refractivity contribution < 1.29 is 9.59 Å². The Morgan fingerprint density at radius 3 is 2.63 bits per heavy atom. The summed E-state index contributed by atoms with van der Waals surface area (Å²) in [5.41, 5.74) is 1.60.